The maximum Gasteiger partial charge on any atom is 0.137 e. The Morgan fingerprint density at radius 3 is 2.80 bits per heavy atom. The van der Waals surface area contributed by atoms with Crippen LogP contribution in [0.2, 0.25) is 0 Å². The van der Waals surface area contributed by atoms with Gasteiger partial charge in [-0.05, 0) is 24.5 Å². The van der Waals surface area contributed by atoms with Crippen molar-refractivity contribution >= 4 is 11.6 Å². The summed E-state index contributed by atoms with van der Waals surface area (Å²) in [6.07, 6.45) is 4.59. The molecule has 1 aromatic carbocycles. The number of hydrogen-bond acceptors (Lipinski definition) is 1. The molecular formula is C17H22ClFO. The molecule has 0 fully saturated rings. The van der Waals surface area contributed by atoms with Crippen molar-refractivity contribution in [1.82, 2.24) is 0 Å². The van der Waals surface area contributed by atoms with Gasteiger partial charge >= 0.3 is 0 Å². The van der Waals surface area contributed by atoms with Crippen LogP contribution in [0.3, 0.4) is 0 Å². The van der Waals surface area contributed by atoms with E-state index in [1.54, 1.807) is 6.07 Å². The van der Waals surface area contributed by atoms with Crippen LogP contribution in [0.15, 0.2) is 18.2 Å². The summed E-state index contributed by atoms with van der Waals surface area (Å²) < 4.78 is 19.1. The maximum absolute atomic E-state index is 13.3. The van der Waals surface area contributed by atoms with Crippen LogP contribution in [0.4, 0.5) is 4.39 Å². The van der Waals surface area contributed by atoms with Crippen LogP contribution in [0.1, 0.15) is 45.1 Å². The van der Waals surface area contributed by atoms with Crippen LogP contribution in [0, 0.1) is 23.6 Å². The van der Waals surface area contributed by atoms with Gasteiger partial charge in [0, 0.05) is 6.07 Å². The van der Waals surface area contributed by atoms with E-state index in [2.05, 4.69) is 25.7 Å². The monoisotopic (exact) mass is 296 g/mol. The molecule has 1 rings (SSSR count). The minimum atomic E-state index is -0.307. The third-order valence-electron chi connectivity index (χ3n) is 3.25. The lowest BCUT2D eigenvalue weighted by Gasteiger charge is -2.16. The smallest absolute Gasteiger partial charge is 0.137 e. The third kappa shape index (κ3) is 5.84. The van der Waals surface area contributed by atoms with E-state index in [0.717, 1.165) is 12.8 Å². The molecule has 0 aliphatic carbocycles. The van der Waals surface area contributed by atoms with Gasteiger partial charge in [0.15, 0.2) is 0 Å². The SMILES string of the molecule is CCCCC(CC)COc1cc(F)ccc1C#CCCl. The molecule has 1 atom stereocenters. The molecule has 0 radical (unpaired) electrons. The molecule has 0 saturated heterocycles. The first-order chi connectivity index (χ1) is 9.71. The highest BCUT2D eigenvalue weighted by Crippen LogP contribution is 2.21. The molecule has 20 heavy (non-hydrogen) atoms. The number of halogens is 2. The lowest BCUT2D eigenvalue weighted by atomic mass is 10.0. The van der Waals surface area contributed by atoms with Crippen LogP contribution in [0.25, 0.3) is 0 Å². The first kappa shape index (κ1) is 16.9. The maximum atomic E-state index is 13.3. The van der Waals surface area contributed by atoms with E-state index in [9.17, 15) is 4.39 Å². The van der Waals surface area contributed by atoms with Gasteiger partial charge in [-0.15, -0.1) is 11.6 Å². The molecule has 0 N–H and O–H groups in total. The van der Waals surface area contributed by atoms with Crippen LogP contribution >= 0.6 is 11.6 Å². The first-order valence-corrected chi connectivity index (χ1v) is 7.71. The zero-order chi connectivity index (χ0) is 14.8. The van der Waals surface area contributed by atoms with Gasteiger partial charge in [-0.25, -0.2) is 4.39 Å². The molecule has 1 unspecified atom stereocenters. The summed E-state index contributed by atoms with van der Waals surface area (Å²) in [6.45, 7) is 4.94. The molecule has 0 aliphatic rings. The third-order valence-corrected chi connectivity index (χ3v) is 3.38. The second-order valence-electron chi connectivity index (χ2n) is 4.80. The summed E-state index contributed by atoms with van der Waals surface area (Å²) in [5.41, 5.74) is 0.692. The minimum Gasteiger partial charge on any atom is -0.492 e. The summed E-state index contributed by atoms with van der Waals surface area (Å²) in [5.74, 6) is 6.64. The summed E-state index contributed by atoms with van der Waals surface area (Å²) in [5, 5.41) is 0. The quantitative estimate of drug-likeness (QED) is 0.507. The van der Waals surface area contributed by atoms with E-state index >= 15 is 0 Å². The summed E-state index contributed by atoms with van der Waals surface area (Å²) in [7, 11) is 0. The number of alkyl halides is 1. The predicted molar refractivity (Wildman–Crippen MR) is 82.8 cm³/mol. The van der Waals surface area contributed by atoms with Crippen LogP contribution in [0.5, 0.6) is 5.75 Å². The molecule has 0 saturated carbocycles. The number of benzene rings is 1. The normalized spacial score (nSPS) is 11.6. The Kier molecular flexibility index (Phi) is 8.14. The predicted octanol–water partition coefficient (Wildman–Crippen LogP) is 5.01. The lowest BCUT2D eigenvalue weighted by Crippen LogP contribution is -2.12. The highest BCUT2D eigenvalue weighted by Gasteiger charge is 2.09. The molecule has 0 aromatic heterocycles. The molecule has 0 spiro atoms. The van der Waals surface area contributed by atoms with Gasteiger partial charge in [-0.3, -0.25) is 0 Å². The Hall–Kier alpha value is -1.20. The zero-order valence-electron chi connectivity index (χ0n) is 12.2. The van der Waals surface area contributed by atoms with E-state index in [1.165, 1.54) is 25.0 Å². The molecule has 0 bridgehead atoms. The van der Waals surface area contributed by atoms with Gasteiger partial charge < -0.3 is 4.74 Å². The Balaban J connectivity index is 2.72. The van der Waals surface area contributed by atoms with Crippen LogP contribution < -0.4 is 4.74 Å². The van der Waals surface area contributed by atoms with Gasteiger partial charge in [-0.1, -0.05) is 45.0 Å². The Labute approximate surface area is 126 Å². The topological polar surface area (TPSA) is 9.23 Å². The van der Waals surface area contributed by atoms with E-state index in [4.69, 9.17) is 16.3 Å². The van der Waals surface area contributed by atoms with E-state index in [0.29, 0.717) is 23.8 Å². The second-order valence-corrected chi connectivity index (χ2v) is 5.07. The molecule has 0 heterocycles. The van der Waals surface area contributed by atoms with E-state index in [1.807, 2.05) is 0 Å². The standard InChI is InChI=1S/C17H22ClFO/c1-3-5-7-14(4-2)13-20-17-12-16(19)10-9-15(17)8-6-11-18/h9-10,12,14H,3-5,7,11,13H2,1-2H3. The molecule has 0 aliphatic heterocycles. The zero-order valence-corrected chi connectivity index (χ0v) is 13.0. The van der Waals surface area contributed by atoms with Crippen LogP contribution in [-0.2, 0) is 0 Å². The van der Waals surface area contributed by atoms with E-state index in [-0.39, 0.29) is 11.7 Å². The van der Waals surface area contributed by atoms with Crippen molar-refractivity contribution in [2.24, 2.45) is 5.92 Å². The van der Waals surface area contributed by atoms with Crippen molar-refractivity contribution in [3.63, 3.8) is 0 Å². The fourth-order valence-corrected chi connectivity index (χ4v) is 2.02. The van der Waals surface area contributed by atoms with Crippen molar-refractivity contribution in [1.29, 1.82) is 0 Å². The molecule has 0 amide bonds. The van der Waals surface area contributed by atoms with Crippen molar-refractivity contribution in [3.8, 4) is 17.6 Å². The molecule has 110 valence electrons. The average molecular weight is 297 g/mol. The van der Waals surface area contributed by atoms with Crippen molar-refractivity contribution in [3.05, 3.63) is 29.6 Å². The summed E-state index contributed by atoms with van der Waals surface area (Å²) in [6, 6.07) is 4.42. The van der Waals surface area contributed by atoms with Crippen molar-refractivity contribution in [2.75, 3.05) is 12.5 Å². The summed E-state index contributed by atoms with van der Waals surface area (Å²) in [4.78, 5) is 0. The van der Waals surface area contributed by atoms with Gasteiger partial charge in [-0.2, -0.15) is 0 Å². The van der Waals surface area contributed by atoms with Gasteiger partial charge in [0.2, 0.25) is 0 Å². The van der Waals surface area contributed by atoms with Gasteiger partial charge in [0.1, 0.15) is 11.6 Å². The molecule has 3 heteroatoms. The number of unbranched alkanes of at least 4 members (excludes halogenated alkanes) is 1. The number of hydrogen-bond donors (Lipinski definition) is 0. The van der Waals surface area contributed by atoms with Gasteiger partial charge in [0.05, 0.1) is 18.1 Å². The van der Waals surface area contributed by atoms with Crippen molar-refractivity contribution < 1.29 is 9.13 Å². The number of rotatable bonds is 7. The van der Waals surface area contributed by atoms with Crippen LogP contribution in [-0.4, -0.2) is 12.5 Å². The lowest BCUT2D eigenvalue weighted by molar-refractivity contribution is 0.232. The summed E-state index contributed by atoms with van der Waals surface area (Å²) >= 11 is 5.55. The Morgan fingerprint density at radius 1 is 1.35 bits per heavy atom. The van der Waals surface area contributed by atoms with Gasteiger partial charge in [0.25, 0.3) is 0 Å². The molecular weight excluding hydrogens is 275 g/mol. The second kappa shape index (κ2) is 9.66. The Bertz CT molecular complexity index is 462. The largest absolute Gasteiger partial charge is 0.492 e. The first-order valence-electron chi connectivity index (χ1n) is 7.18. The highest BCUT2D eigenvalue weighted by atomic mass is 35.5. The fraction of sp³-hybridized carbons (Fsp3) is 0.529. The minimum absolute atomic E-state index is 0.255. The number of ether oxygens (including phenoxy) is 1. The molecule has 1 aromatic rings. The van der Waals surface area contributed by atoms with Crippen molar-refractivity contribution in [2.45, 2.75) is 39.5 Å². The molecule has 1 nitrogen and oxygen atoms in total. The fourth-order valence-electron chi connectivity index (χ4n) is 1.95. The Morgan fingerprint density at radius 2 is 2.15 bits per heavy atom. The highest BCUT2D eigenvalue weighted by molar-refractivity contribution is 6.19. The average Bonchev–Trinajstić information content (AvgIpc) is 2.46. The van der Waals surface area contributed by atoms with E-state index < -0.39 is 0 Å².